The molecule has 0 bridgehead atoms. The molecule has 1 amide bonds. The van der Waals surface area contributed by atoms with Crippen molar-refractivity contribution < 1.29 is 14.7 Å². The highest BCUT2D eigenvalue weighted by molar-refractivity contribution is 5.95. The second kappa shape index (κ2) is 6.11. The van der Waals surface area contributed by atoms with Crippen LogP contribution in [0, 0.1) is 13.8 Å². The van der Waals surface area contributed by atoms with E-state index in [1.165, 1.54) is 6.92 Å². The van der Waals surface area contributed by atoms with Gasteiger partial charge in [-0.15, -0.1) is 0 Å². The van der Waals surface area contributed by atoms with Crippen LogP contribution in [0.2, 0.25) is 0 Å². The topological polar surface area (TPSA) is 82.5 Å². The number of aromatic carboxylic acids is 1. The van der Waals surface area contributed by atoms with Gasteiger partial charge in [0.25, 0.3) is 0 Å². The van der Waals surface area contributed by atoms with E-state index in [4.69, 9.17) is 0 Å². The minimum absolute atomic E-state index is 0.0239. The summed E-state index contributed by atoms with van der Waals surface area (Å²) in [6, 6.07) is 1.95. The predicted octanol–water partition coefficient (Wildman–Crippen LogP) is 1.50. The third kappa shape index (κ3) is 3.51. The summed E-state index contributed by atoms with van der Waals surface area (Å²) in [5.41, 5.74) is 1.82. The SMILES string of the molecule is CC(=O)NC1CCN(c2nc(C)cc(C)c2C(=O)O)CC1. The Hall–Kier alpha value is -2.11. The van der Waals surface area contributed by atoms with Gasteiger partial charge in [0.1, 0.15) is 11.4 Å². The molecule has 21 heavy (non-hydrogen) atoms. The van der Waals surface area contributed by atoms with Gasteiger partial charge in [-0.1, -0.05) is 0 Å². The van der Waals surface area contributed by atoms with Crippen LogP contribution in [0.1, 0.15) is 41.4 Å². The summed E-state index contributed by atoms with van der Waals surface area (Å²) >= 11 is 0. The van der Waals surface area contributed by atoms with Gasteiger partial charge in [-0.3, -0.25) is 4.79 Å². The lowest BCUT2D eigenvalue weighted by molar-refractivity contribution is -0.119. The molecule has 0 aliphatic carbocycles. The number of aryl methyl sites for hydroxylation is 2. The Morgan fingerprint density at radius 2 is 1.95 bits per heavy atom. The zero-order chi connectivity index (χ0) is 15.6. The summed E-state index contributed by atoms with van der Waals surface area (Å²) < 4.78 is 0. The molecule has 1 aromatic heterocycles. The van der Waals surface area contributed by atoms with Gasteiger partial charge in [0.2, 0.25) is 5.91 Å². The van der Waals surface area contributed by atoms with Gasteiger partial charge in [-0.05, 0) is 38.3 Å². The minimum atomic E-state index is -0.945. The summed E-state index contributed by atoms with van der Waals surface area (Å²) in [7, 11) is 0. The molecule has 0 aromatic carbocycles. The molecule has 0 atom stereocenters. The van der Waals surface area contributed by atoms with E-state index in [9.17, 15) is 14.7 Å². The zero-order valence-electron chi connectivity index (χ0n) is 12.6. The minimum Gasteiger partial charge on any atom is -0.478 e. The second-order valence-corrected chi connectivity index (χ2v) is 5.55. The summed E-state index contributed by atoms with van der Waals surface area (Å²) in [6.45, 7) is 6.57. The molecule has 1 aromatic rings. The summed E-state index contributed by atoms with van der Waals surface area (Å²) in [5, 5.41) is 12.3. The molecule has 114 valence electrons. The van der Waals surface area contributed by atoms with Gasteiger partial charge in [0.15, 0.2) is 0 Å². The molecule has 2 rings (SSSR count). The number of carbonyl (C=O) groups excluding carboxylic acids is 1. The van der Waals surface area contributed by atoms with E-state index >= 15 is 0 Å². The molecule has 0 unspecified atom stereocenters. The highest BCUT2D eigenvalue weighted by Crippen LogP contribution is 2.25. The number of carboxylic acid groups (broad SMARTS) is 1. The Labute approximate surface area is 124 Å². The number of nitrogens with one attached hydrogen (secondary N) is 1. The highest BCUT2D eigenvalue weighted by atomic mass is 16.4. The standard InChI is InChI=1S/C15H21N3O3/c1-9-8-10(2)16-14(13(9)15(20)21)18-6-4-12(5-7-18)17-11(3)19/h8,12H,4-7H2,1-3H3,(H,17,19)(H,20,21). The molecule has 2 heterocycles. The van der Waals surface area contributed by atoms with Crippen molar-refractivity contribution in [3.63, 3.8) is 0 Å². The lowest BCUT2D eigenvalue weighted by Crippen LogP contribution is -2.44. The fourth-order valence-corrected chi connectivity index (χ4v) is 2.83. The molecule has 2 N–H and O–H groups in total. The fourth-order valence-electron chi connectivity index (χ4n) is 2.83. The number of carboxylic acids is 1. The first-order valence-corrected chi connectivity index (χ1v) is 7.12. The van der Waals surface area contributed by atoms with Crippen LogP contribution in [0.15, 0.2) is 6.07 Å². The third-order valence-electron chi connectivity index (χ3n) is 3.74. The van der Waals surface area contributed by atoms with Crippen LogP contribution in [0.4, 0.5) is 5.82 Å². The normalized spacial score (nSPS) is 15.9. The van der Waals surface area contributed by atoms with Crippen molar-refractivity contribution >= 4 is 17.7 Å². The van der Waals surface area contributed by atoms with Crippen molar-refractivity contribution in [2.45, 2.75) is 39.7 Å². The number of rotatable bonds is 3. The first kappa shape index (κ1) is 15.3. The predicted molar refractivity (Wildman–Crippen MR) is 79.7 cm³/mol. The molecule has 6 heteroatoms. The van der Waals surface area contributed by atoms with Crippen LogP contribution >= 0.6 is 0 Å². The number of carbonyl (C=O) groups is 2. The lowest BCUT2D eigenvalue weighted by Gasteiger charge is -2.34. The zero-order valence-corrected chi connectivity index (χ0v) is 12.6. The molecule has 0 saturated carbocycles. The number of anilines is 1. The maximum absolute atomic E-state index is 11.5. The molecule has 1 saturated heterocycles. The monoisotopic (exact) mass is 291 g/mol. The maximum atomic E-state index is 11.5. The molecular formula is C15H21N3O3. The van der Waals surface area contributed by atoms with E-state index in [1.807, 2.05) is 11.8 Å². The van der Waals surface area contributed by atoms with Crippen molar-refractivity contribution in [1.29, 1.82) is 0 Å². The van der Waals surface area contributed by atoms with Gasteiger partial charge in [0.05, 0.1) is 0 Å². The van der Waals surface area contributed by atoms with E-state index in [-0.39, 0.29) is 17.5 Å². The number of pyridine rings is 1. The number of aromatic nitrogens is 1. The Bertz CT molecular complexity index is 564. The number of hydrogen-bond donors (Lipinski definition) is 2. The van der Waals surface area contributed by atoms with E-state index < -0.39 is 5.97 Å². The fraction of sp³-hybridized carbons (Fsp3) is 0.533. The molecule has 0 radical (unpaired) electrons. The van der Waals surface area contributed by atoms with Crippen molar-refractivity contribution in [3.05, 3.63) is 22.9 Å². The first-order chi connectivity index (χ1) is 9.88. The van der Waals surface area contributed by atoms with E-state index in [0.29, 0.717) is 18.9 Å². The first-order valence-electron chi connectivity index (χ1n) is 7.12. The van der Waals surface area contributed by atoms with Crippen molar-refractivity contribution in [3.8, 4) is 0 Å². The Morgan fingerprint density at radius 1 is 1.33 bits per heavy atom. The summed E-state index contributed by atoms with van der Waals surface area (Å²) in [5.74, 6) is -0.426. The maximum Gasteiger partial charge on any atom is 0.339 e. The van der Waals surface area contributed by atoms with Crippen LogP contribution in [0.3, 0.4) is 0 Å². The van der Waals surface area contributed by atoms with Crippen LogP contribution in [-0.2, 0) is 4.79 Å². The Balaban J connectivity index is 2.20. The molecule has 1 aliphatic heterocycles. The van der Waals surface area contributed by atoms with Gasteiger partial charge in [-0.25, -0.2) is 9.78 Å². The molecular weight excluding hydrogens is 270 g/mol. The van der Waals surface area contributed by atoms with Gasteiger partial charge in [-0.2, -0.15) is 0 Å². The van der Waals surface area contributed by atoms with E-state index in [1.54, 1.807) is 13.0 Å². The van der Waals surface area contributed by atoms with E-state index in [2.05, 4.69) is 10.3 Å². The third-order valence-corrected chi connectivity index (χ3v) is 3.74. The van der Waals surface area contributed by atoms with Crippen LogP contribution in [0.5, 0.6) is 0 Å². The molecule has 6 nitrogen and oxygen atoms in total. The molecule has 1 aliphatic rings. The van der Waals surface area contributed by atoms with E-state index in [0.717, 1.165) is 24.1 Å². The second-order valence-electron chi connectivity index (χ2n) is 5.55. The molecule has 0 spiro atoms. The molecule has 1 fully saturated rings. The quantitative estimate of drug-likeness (QED) is 0.882. The largest absolute Gasteiger partial charge is 0.478 e. The lowest BCUT2D eigenvalue weighted by atomic mass is 10.0. The average Bonchev–Trinajstić information content (AvgIpc) is 2.37. The number of amides is 1. The smallest absolute Gasteiger partial charge is 0.339 e. The number of nitrogens with zero attached hydrogens (tertiary/aromatic N) is 2. The summed E-state index contributed by atoms with van der Waals surface area (Å²) in [6.07, 6.45) is 1.60. The highest BCUT2D eigenvalue weighted by Gasteiger charge is 2.25. The van der Waals surface area contributed by atoms with Crippen molar-refractivity contribution in [2.24, 2.45) is 0 Å². The van der Waals surface area contributed by atoms with Gasteiger partial charge >= 0.3 is 5.97 Å². The van der Waals surface area contributed by atoms with Gasteiger partial charge in [0, 0.05) is 31.7 Å². The number of piperidine rings is 1. The summed E-state index contributed by atoms with van der Waals surface area (Å²) in [4.78, 5) is 29.0. The van der Waals surface area contributed by atoms with Crippen LogP contribution < -0.4 is 10.2 Å². The average molecular weight is 291 g/mol. The van der Waals surface area contributed by atoms with Crippen LogP contribution in [-0.4, -0.2) is 41.1 Å². The van der Waals surface area contributed by atoms with Crippen molar-refractivity contribution in [1.82, 2.24) is 10.3 Å². The number of hydrogen-bond acceptors (Lipinski definition) is 4. The van der Waals surface area contributed by atoms with Crippen molar-refractivity contribution in [2.75, 3.05) is 18.0 Å². The Morgan fingerprint density at radius 3 is 2.48 bits per heavy atom. The van der Waals surface area contributed by atoms with Gasteiger partial charge < -0.3 is 15.3 Å². The Kier molecular flexibility index (Phi) is 4.45. The van der Waals surface area contributed by atoms with Crippen LogP contribution in [0.25, 0.3) is 0 Å².